The third kappa shape index (κ3) is 2.05. The number of rotatable bonds is 1. The van der Waals surface area contributed by atoms with Crippen molar-refractivity contribution in [2.45, 2.75) is 6.17 Å². The number of nitrogens with one attached hydrogen (secondary N) is 1. The molecule has 0 radical (unpaired) electrons. The number of fused-ring (bicyclic) bond motifs is 3. The molecule has 0 unspecified atom stereocenters. The van der Waals surface area contributed by atoms with E-state index in [0.29, 0.717) is 11.5 Å². The monoisotopic (exact) mass is 329 g/mol. The van der Waals surface area contributed by atoms with Gasteiger partial charge >= 0.3 is 0 Å². The zero-order valence-electron chi connectivity index (χ0n) is 11.7. The third-order valence-electron chi connectivity index (χ3n) is 3.71. The van der Waals surface area contributed by atoms with Crippen molar-refractivity contribution in [1.82, 2.24) is 9.55 Å². The van der Waals surface area contributed by atoms with Crippen molar-refractivity contribution in [2.24, 2.45) is 10.7 Å². The molecule has 4 rings (SSSR count). The van der Waals surface area contributed by atoms with Gasteiger partial charge in [0.15, 0.2) is 23.6 Å². The van der Waals surface area contributed by atoms with E-state index < -0.39 is 6.17 Å². The van der Waals surface area contributed by atoms with Gasteiger partial charge in [0.1, 0.15) is 0 Å². The Labute approximate surface area is 135 Å². The molecule has 0 fully saturated rings. The molecule has 0 saturated heterocycles. The van der Waals surface area contributed by atoms with Gasteiger partial charge in [-0.3, -0.25) is 9.88 Å². The lowest BCUT2D eigenvalue weighted by Gasteiger charge is -2.24. The number of hydrogen-bond acceptors (Lipinski definition) is 6. The molecule has 7 nitrogen and oxygen atoms in total. The number of hydrogen-bond donors (Lipinski definition) is 4. The van der Waals surface area contributed by atoms with Gasteiger partial charge in [-0.15, -0.1) is 0 Å². The lowest BCUT2D eigenvalue weighted by atomic mass is 10.1. The van der Waals surface area contributed by atoms with Crippen LogP contribution in [0.5, 0.6) is 11.5 Å². The van der Waals surface area contributed by atoms with E-state index in [1.54, 1.807) is 6.07 Å². The van der Waals surface area contributed by atoms with Crippen molar-refractivity contribution < 1.29 is 10.2 Å². The molecule has 0 amide bonds. The van der Waals surface area contributed by atoms with Gasteiger partial charge < -0.3 is 15.9 Å². The second-order valence-electron chi connectivity index (χ2n) is 5.18. The number of nitrogens with two attached hydrogens (primary N) is 1. The fourth-order valence-electron chi connectivity index (χ4n) is 2.69. The molecule has 23 heavy (non-hydrogen) atoms. The van der Waals surface area contributed by atoms with Crippen LogP contribution in [0, 0.1) is 0 Å². The van der Waals surface area contributed by atoms with Crippen LogP contribution in [-0.2, 0) is 0 Å². The Morgan fingerprint density at radius 3 is 2.78 bits per heavy atom. The zero-order valence-corrected chi connectivity index (χ0v) is 12.5. The maximum atomic E-state index is 9.83. The molecule has 1 aromatic heterocycles. The minimum absolute atomic E-state index is 0.0401. The number of guanidine groups is 1. The molecule has 2 aromatic carbocycles. The first kappa shape index (κ1) is 13.7. The van der Waals surface area contributed by atoms with E-state index in [1.807, 2.05) is 28.8 Å². The summed E-state index contributed by atoms with van der Waals surface area (Å²) in [5, 5.41) is 22.4. The molecule has 8 heteroatoms. The molecule has 0 saturated carbocycles. The van der Waals surface area contributed by atoms with E-state index in [-0.39, 0.29) is 22.5 Å². The molecule has 1 aliphatic heterocycles. The minimum Gasteiger partial charge on any atom is -0.504 e. The number of aromatic hydroxyl groups is 2. The summed E-state index contributed by atoms with van der Waals surface area (Å²) in [6.45, 7) is 0. The smallest absolute Gasteiger partial charge is 0.212 e. The Kier molecular flexibility index (Phi) is 2.85. The van der Waals surface area contributed by atoms with Crippen molar-refractivity contribution in [3.63, 3.8) is 0 Å². The van der Waals surface area contributed by atoms with Crippen molar-refractivity contribution in [2.75, 3.05) is 5.32 Å². The second kappa shape index (κ2) is 4.79. The van der Waals surface area contributed by atoms with Crippen LogP contribution >= 0.6 is 11.6 Å². The molecule has 1 atom stereocenters. The first-order valence-corrected chi connectivity index (χ1v) is 7.21. The fourth-order valence-corrected chi connectivity index (χ4v) is 2.92. The number of aromatic nitrogens is 2. The largest absolute Gasteiger partial charge is 0.504 e. The van der Waals surface area contributed by atoms with Crippen LogP contribution in [-0.4, -0.2) is 25.7 Å². The first-order chi connectivity index (χ1) is 11.0. The summed E-state index contributed by atoms with van der Waals surface area (Å²) < 4.78 is 1.86. The highest BCUT2D eigenvalue weighted by Crippen LogP contribution is 2.39. The van der Waals surface area contributed by atoms with Gasteiger partial charge in [0.05, 0.1) is 16.1 Å². The number of imidazole rings is 1. The van der Waals surface area contributed by atoms with Gasteiger partial charge in [-0.2, -0.15) is 0 Å². The summed E-state index contributed by atoms with van der Waals surface area (Å²) in [5.74, 6) is 0.0803. The van der Waals surface area contributed by atoms with Crippen LogP contribution in [0.3, 0.4) is 0 Å². The van der Waals surface area contributed by atoms with Crippen molar-refractivity contribution >= 4 is 34.5 Å². The molecule has 1 aliphatic rings. The van der Waals surface area contributed by atoms with Crippen LogP contribution in [0.1, 0.15) is 11.7 Å². The summed E-state index contributed by atoms with van der Waals surface area (Å²) in [7, 11) is 0. The minimum atomic E-state index is -0.553. The second-order valence-corrected chi connectivity index (χ2v) is 5.58. The Hall–Kier alpha value is -2.93. The average molecular weight is 330 g/mol. The van der Waals surface area contributed by atoms with Crippen molar-refractivity contribution in [3.05, 3.63) is 47.0 Å². The fraction of sp³-hybridized carbons (Fsp3) is 0.0667. The van der Waals surface area contributed by atoms with E-state index >= 15 is 0 Å². The molecule has 3 aromatic rings. The molecule has 2 heterocycles. The zero-order chi connectivity index (χ0) is 16.1. The van der Waals surface area contributed by atoms with E-state index in [2.05, 4.69) is 15.3 Å². The van der Waals surface area contributed by atoms with Crippen molar-refractivity contribution in [3.8, 4) is 11.5 Å². The molecule has 5 N–H and O–H groups in total. The Morgan fingerprint density at radius 2 is 2.00 bits per heavy atom. The Morgan fingerprint density at radius 1 is 1.22 bits per heavy atom. The number of nitrogens with zero attached hydrogens (tertiary/aromatic N) is 3. The molecule has 0 bridgehead atoms. The van der Waals surface area contributed by atoms with E-state index in [1.165, 1.54) is 6.07 Å². The highest BCUT2D eigenvalue weighted by molar-refractivity contribution is 6.32. The van der Waals surface area contributed by atoms with Crippen molar-refractivity contribution in [1.29, 1.82) is 0 Å². The van der Waals surface area contributed by atoms with E-state index in [0.717, 1.165) is 11.0 Å². The van der Waals surface area contributed by atoms with Crippen LogP contribution in [0.2, 0.25) is 5.02 Å². The summed E-state index contributed by atoms with van der Waals surface area (Å²) in [6.07, 6.45) is -0.553. The number of benzene rings is 2. The topological polar surface area (TPSA) is 109 Å². The van der Waals surface area contributed by atoms with Gasteiger partial charge in [0.2, 0.25) is 5.95 Å². The van der Waals surface area contributed by atoms with Gasteiger partial charge in [0, 0.05) is 5.56 Å². The highest BCUT2D eigenvalue weighted by Gasteiger charge is 2.26. The predicted molar refractivity (Wildman–Crippen MR) is 87.9 cm³/mol. The number of anilines is 1. The maximum Gasteiger partial charge on any atom is 0.212 e. The first-order valence-electron chi connectivity index (χ1n) is 6.83. The lowest BCUT2D eigenvalue weighted by molar-refractivity contribution is 0.402. The SMILES string of the molecule is NC1=N[C@@H](c2cc(O)c(O)c(Cl)c2)n2c(nc3ccccc32)N1. The van der Waals surface area contributed by atoms with E-state index in [9.17, 15) is 10.2 Å². The number of aliphatic imine (C=N–C) groups is 1. The van der Waals surface area contributed by atoms with Gasteiger partial charge in [0.25, 0.3) is 0 Å². The highest BCUT2D eigenvalue weighted by atomic mass is 35.5. The lowest BCUT2D eigenvalue weighted by Crippen LogP contribution is -2.31. The van der Waals surface area contributed by atoms with Crippen LogP contribution < -0.4 is 11.1 Å². The number of halogens is 1. The quantitative estimate of drug-likeness (QED) is 0.513. The Balaban J connectivity index is 1.97. The number of para-hydroxylation sites is 2. The van der Waals surface area contributed by atoms with Crippen LogP contribution in [0.15, 0.2) is 41.4 Å². The average Bonchev–Trinajstić information content (AvgIpc) is 2.89. The van der Waals surface area contributed by atoms with Gasteiger partial charge in [-0.1, -0.05) is 23.7 Å². The standard InChI is InChI=1S/C15H12ClN5O2/c16-8-5-7(6-11(22)12(8)23)13-19-14(17)20-15-18-9-3-1-2-4-10(9)21(13)15/h1-6,13,22-23H,(H3,17,18,19,20)/t13-/m1/s1. The maximum absolute atomic E-state index is 9.83. The summed E-state index contributed by atoms with van der Waals surface area (Å²) in [5.41, 5.74) is 8.08. The summed E-state index contributed by atoms with van der Waals surface area (Å²) >= 11 is 5.96. The van der Waals surface area contributed by atoms with Crippen LogP contribution in [0.4, 0.5) is 5.95 Å². The number of phenols is 2. The van der Waals surface area contributed by atoms with Gasteiger partial charge in [-0.05, 0) is 24.3 Å². The normalized spacial score (nSPS) is 16.7. The number of phenolic OH excluding ortho intramolecular Hbond substituents is 2. The van der Waals surface area contributed by atoms with Gasteiger partial charge in [-0.25, -0.2) is 9.98 Å². The van der Waals surface area contributed by atoms with E-state index in [4.69, 9.17) is 17.3 Å². The molecule has 0 spiro atoms. The van der Waals surface area contributed by atoms with Crippen LogP contribution in [0.25, 0.3) is 11.0 Å². The Bertz CT molecular complexity index is 943. The molecule has 116 valence electrons. The molecule has 0 aliphatic carbocycles. The predicted octanol–water partition coefficient (Wildman–Crippen LogP) is 2.39. The third-order valence-corrected chi connectivity index (χ3v) is 3.99. The molecular formula is C15H12ClN5O2. The summed E-state index contributed by atoms with van der Waals surface area (Å²) in [4.78, 5) is 8.87. The summed E-state index contributed by atoms with van der Waals surface area (Å²) in [6, 6.07) is 10.5. The molecular weight excluding hydrogens is 318 g/mol.